The van der Waals surface area contributed by atoms with Crippen LogP contribution in [0.1, 0.15) is 24.2 Å². The zero-order valence-corrected chi connectivity index (χ0v) is 10.2. The van der Waals surface area contributed by atoms with E-state index in [1.165, 1.54) is 5.56 Å². The summed E-state index contributed by atoms with van der Waals surface area (Å²) in [4.78, 5) is 4.38. The van der Waals surface area contributed by atoms with Crippen molar-refractivity contribution >= 4 is 0 Å². The van der Waals surface area contributed by atoms with Crippen LogP contribution in [0.2, 0.25) is 0 Å². The van der Waals surface area contributed by atoms with Gasteiger partial charge in [0.1, 0.15) is 0 Å². The van der Waals surface area contributed by atoms with Gasteiger partial charge in [0.2, 0.25) is 5.89 Å². The largest absolute Gasteiger partial charge is 0.339 e. The van der Waals surface area contributed by atoms with Crippen LogP contribution >= 0.6 is 0 Å². The minimum Gasteiger partial charge on any atom is -0.339 e. The Hall–Kier alpha value is -1.68. The molecule has 0 fully saturated rings. The molecule has 1 aromatic carbocycles. The van der Waals surface area contributed by atoms with Crippen LogP contribution in [0.25, 0.3) is 0 Å². The molecule has 0 spiro atoms. The molecule has 1 aromatic heterocycles. The summed E-state index contributed by atoms with van der Waals surface area (Å²) >= 11 is 0. The molecule has 90 valence electrons. The molecule has 1 heterocycles. The minimum absolute atomic E-state index is 0.358. The first-order valence-electron chi connectivity index (χ1n) is 5.80. The zero-order valence-electron chi connectivity index (χ0n) is 10.2. The Morgan fingerprint density at radius 2 is 2.06 bits per heavy atom. The molecule has 1 N–H and O–H groups in total. The van der Waals surface area contributed by atoms with Crippen LogP contribution in [0.15, 0.2) is 34.9 Å². The first-order valence-corrected chi connectivity index (χ1v) is 5.80. The third-order valence-corrected chi connectivity index (χ3v) is 2.69. The van der Waals surface area contributed by atoms with E-state index < -0.39 is 0 Å². The fourth-order valence-electron chi connectivity index (χ4n) is 1.59. The molecule has 0 bridgehead atoms. The van der Waals surface area contributed by atoms with Gasteiger partial charge in [-0.15, -0.1) is 0 Å². The predicted octanol–water partition coefficient (Wildman–Crippen LogP) is 1.81. The summed E-state index contributed by atoms with van der Waals surface area (Å²) in [5.74, 6) is 1.44. The van der Waals surface area contributed by atoms with E-state index >= 15 is 0 Å². The molecule has 0 saturated heterocycles. The molecule has 0 aliphatic rings. The topological polar surface area (TPSA) is 51.0 Å². The lowest BCUT2D eigenvalue weighted by Crippen LogP contribution is -2.24. The lowest BCUT2D eigenvalue weighted by atomic mass is 10.1. The third-order valence-electron chi connectivity index (χ3n) is 2.69. The SMILES string of the molecule is CNC(C)Cc1noc(Cc2ccccc2)n1. The van der Waals surface area contributed by atoms with E-state index in [9.17, 15) is 0 Å². The monoisotopic (exact) mass is 231 g/mol. The molecule has 1 atom stereocenters. The molecule has 1 unspecified atom stereocenters. The van der Waals surface area contributed by atoms with Crippen LogP contribution in [0.4, 0.5) is 0 Å². The normalized spacial score (nSPS) is 12.6. The van der Waals surface area contributed by atoms with Crippen LogP contribution in [0, 0.1) is 0 Å². The Balaban J connectivity index is 1.99. The lowest BCUT2D eigenvalue weighted by Gasteiger charge is -2.04. The van der Waals surface area contributed by atoms with Crippen molar-refractivity contribution in [1.29, 1.82) is 0 Å². The molecule has 17 heavy (non-hydrogen) atoms. The summed E-state index contributed by atoms with van der Waals surface area (Å²) in [7, 11) is 1.93. The van der Waals surface area contributed by atoms with Crippen LogP contribution in [-0.2, 0) is 12.8 Å². The summed E-state index contributed by atoms with van der Waals surface area (Å²) < 4.78 is 5.23. The lowest BCUT2D eigenvalue weighted by molar-refractivity contribution is 0.377. The zero-order chi connectivity index (χ0) is 12.1. The highest BCUT2D eigenvalue weighted by atomic mass is 16.5. The van der Waals surface area contributed by atoms with Crippen molar-refractivity contribution in [2.24, 2.45) is 0 Å². The quantitative estimate of drug-likeness (QED) is 0.852. The van der Waals surface area contributed by atoms with Crippen molar-refractivity contribution in [1.82, 2.24) is 15.5 Å². The van der Waals surface area contributed by atoms with Gasteiger partial charge in [0, 0.05) is 12.5 Å². The molecule has 0 amide bonds. The molecule has 2 aromatic rings. The molecule has 0 aliphatic carbocycles. The maximum absolute atomic E-state index is 5.23. The molecular formula is C13H17N3O. The van der Waals surface area contributed by atoms with Gasteiger partial charge < -0.3 is 9.84 Å². The summed E-state index contributed by atoms with van der Waals surface area (Å²) in [6, 6.07) is 10.5. The van der Waals surface area contributed by atoms with Crippen LogP contribution in [0.3, 0.4) is 0 Å². The minimum atomic E-state index is 0.358. The Kier molecular flexibility index (Phi) is 3.88. The van der Waals surface area contributed by atoms with Gasteiger partial charge in [-0.3, -0.25) is 0 Å². The fraction of sp³-hybridized carbons (Fsp3) is 0.385. The number of aromatic nitrogens is 2. The number of benzene rings is 1. The second kappa shape index (κ2) is 5.59. The molecule has 0 radical (unpaired) electrons. The first kappa shape index (κ1) is 11.8. The average molecular weight is 231 g/mol. The van der Waals surface area contributed by atoms with Gasteiger partial charge >= 0.3 is 0 Å². The second-order valence-electron chi connectivity index (χ2n) is 4.16. The van der Waals surface area contributed by atoms with Crippen molar-refractivity contribution in [3.8, 4) is 0 Å². The maximum Gasteiger partial charge on any atom is 0.231 e. The van der Waals surface area contributed by atoms with Crippen molar-refractivity contribution < 1.29 is 4.52 Å². The first-order chi connectivity index (χ1) is 8.28. The van der Waals surface area contributed by atoms with Gasteiger partial charge in [0.15, 0.2) is 5.82 Å². The van der Waals surface area contributed by atoms with Crippen molar-refractivity contribution in [2.45, 2.75) is 25.8 Å². The number of rotatable bonds is 5. The van der Waals surface area contributed by atoms with E-state index in [2.05, 4.69) is 34.5 Å². The van der Waals surface area contributed by atoms with Crippen LogP contribution < -0.4 is 5.32 Å². The fourth-order valence-corrected chi connectivity index (χ4v) is 1.59. The van der Waals surface area contributed by atoms with Gasteiger partial charge in [0.25, 0.3) is 0 Å². The smallest absolute Gasteiger partial charge is 0.231 e. The van der Waals surface area contributed by atoms with E-state index in [1.807, 2.05) is 25.2 Å². The van der Waals surface area contributed by atoms with Crippen molar-refractivity contribution in [3.63, 3.8) is 0 Å². The van der Waals surface area contributed by atoms with Gasteiger partial charge in [-0.05, 0) is 19.5 Å². The molecular weight excluding hydrogens is 214 g/mol. The molecule has 2 rings (SSSR count). The molecule has 4 heteroatoms. The Morgan fingerprint density at radius 3 is 2.76 bits per heavy atom. The van der Waals surface area contributed by atoms with E-state index in [4.69, 9.17) is 4.52 Å². The average Bonchev–Trinajstić information content (AvgIpc) is 2.77. The second-order valence-corrected chi connectivity index (χ2v) is 4.16. The highest BCUT2D eigenvalue weighted by Gasteiger charge is 2.09. The van der Waals surface area contributed by atoms with Gasteiger partial charge in [-0.2, -0.15) is 4.98 Å². The molecule has 4 nitrogen and oxygen atoms in total. The van der Waals surface area contributed by atoms with Crippen molar-refractivity contribution in [3.05, 3.63) is 47.6 Å². The van der Waals surface area contributed by atoms with Gasteiger partial charge in [-0.1, -0.05) is 35.5 Å². The van der Waals surface area contributed by atoms with E-state index in [0.29, 0.717) is 18.4 Å². The maximum atomic E-state index is 5.23. The molecule has 0 aliphatic heterocycles. The number of nitrogens with zero attached hydrogens (tertiary/aromatic N) is 2. The van der Waals surface area contributed by atoms with Crippen molar-refractivity contribution in [2.75, 3.05) is 7.05 Å². The van der Waals surface area contributed by atoms with E-state index in [1.54, 1.807) is 0 Å². The van der Waals surface area contributed by atoms with Crippen LogP contribution in [0.5, 0.6) is 0 Å². The summed E-state index contributed by atoms with van der Waals surface area (Å²) in [6.45, 7) is 2.09. The van der Waals surface area contributed by atoms with Crippen LogP contribution in [-0.4, -0.2) is 23.2 Å². The third kappa shape index (κ3) is 3.39. The Labute approximate surface area is 101 Å². The number of likely N-dealkylation sites (N-methyl/N-ethyl adjacent to an activating group) is 1. The highest BCUT2D eigenvalue weighted by molar-refractivity contribution is 5.17. The summed E-state index contributed by atoms with van der Waals surface area (Å²) in [5, 5.41) is 7.12. The van der Waals surface area contributed by atoms with E-state index in [0.717, 1.165) is 12.2 Å². The predicted molar refractivity (Wildman–Crippen MR) is 65.8 cm³/mol. The standard InChI is InChI=1S/C13H17N3O/c1-10(14-2)8-12-15-13(17-16-12)9-11-6-4-3-5-7-11/h3-7,10,14H,8-9H2,1-2H3. The number of nitrogens with one attached hydrogen (secondary N) is 1. The van der Waals surface area contributed by atoms with Gasteiger partial charge in [-0.25, -0.2) is 0 Å². The number of hydrogen-bond donors (Lipinski definition) is 1. The van der Waals surface area contributed by atoms with E-state index in [-0.39, 0.29) is 0 Å². The Morgan fingerprint density at radius 1 is 1.29 bits per heavy atom. The summed E-state index contributed by atoms with van der Waals surface area (Å²) in [6.07, 6.45) is 1.48. The Bertz CT molecular complexity index is 453. The number of hydrogen-bond acceptors (Lipinski definition) is 4. The molecule has 0 saturated carbocycles. The summed E-state index contributed by atoms with van der Waals surface area (Å²) in [5.41, 5.74) is 1.18. The highest BCUT2D eigenvalue weighted by Crippen LogP contribution is 2.08. The van der Waals surface area contributed by atoms with Gasteiger partial charge in [0.05, 0.1) is 6.42 Å².